The summed E-state index contributed by atoms with van der Waals surface area (Å²) < 4.78 is 6.13. The van der Waals surface area contributed by atoms with Crippen LogP contribution in [0.15, 0.2) is 199 Å². The van der Waals surface area contributed by atoms with Gasteiger partial charge in [0.05, 0.1) is 0 Å². The predicted octanol–water partition coefficient (Wildman–Crippen LogP) is 14.2. The van der Waals surface area contributed by atoms with Crippen LogP contribution in [0.25, 0.3) is 99.1 Å². The lowest BCUT2D eigenvalue weighted by molar-refractivity contribution is 0.669. The number of rotatable bonds is 5. The molecule has 1 heterocycles. The van der Waals surface area contributed by atoms with Crippen LogP contribution in [-0.2, 0) is 0 Å². The van der Waals surface area contributed by atoms with Gasteiger partial charge in [0.1, 0.15) is 11.2 Å². The van der Waals surface area contributed by atoms with Crippen molar-refractivity contribution in [1.29, 1.82) is 0 Å². The molecule has 51 heavy (non-hydrogen) atoms. The molecule has 0 unspecified atom stereocenters. The Morgan fingerprint density at radius 2 is 0.627 bits per heavy atom. The largest absolute Gasteiger partial charge is 0.456 e. The molecule has 0 radical (unpaired) electrons. The molecule has 0 atom stereocenters. The van der Waals surface area contributed by atoms with Crippen molar-refractivity contribution in [3.05, 3.63) is 194 Å². The number of hydrogen-bond acceptors (Lipinski definition) is 1. The molecule has 1 nitrogen and oxygen atoms in total. The average molecular weight is 649 g/mol. The van der Waals surface area contributed by atoms with Crippen LogP contribution in [0.3, 0.4) is 0 Å². The van der Waals surface area contributed by atoms with E-state index in [-0.39, 0.29) is 0 Å². The highest BCUT2D eigenvalue weighted by Crippen LogP contribution is 2.46. The van der Waals surface area contributed by atoms with E-state index in [1.807, 2.05) is 12.1 Å². The molecule has 9 aromatic carbocycles. The van der Waals surface area contributed by atoms with Crippen molar-refractivity contribution >= 4 is 43.5 Å². The van der Waals surface area contributed by atoms with Gasteiger partial charge < -0.3 is 4.42 Å². The van der Waals surface area contributed by atoms with Gasteiger partial charge >= 0.3 is 0 Å². The second kappa shape index (κ2) is 12.0. The van der Waals surface area contributed by atoms with E-state index in [0.29, 0.717) is 0 Å². The van der Waals surface area contributed by atoms with Crippen LogP contribution < -0.4 is 0 Å². The Kier molecular flexibility index (Phi) is 6.89. The summed E-state index contributed by atoms with van der Waals surface area (Å²) in [4.78, 5) is 0. The molecule has 0 aliphatic heterocycles. The summed E-state index contributed by atoms with van der Waals surface area (Å²) in [6, 6.07) is 70.1. The SMILES string of the molecule is c1ccc(-c2ccc3c(-c4ccccc4)c4cc(-c5cccc(-c6ccc7oc8ccccc8c7c6)c5)ccc4c(-c4ccccc4)c3c2)cc1. The van der Waals surface area contributed by atoms with E-state index in [0.717, 1.165) is 21.9 Å². The van der Waals surface area contributed by atoms with Crippen molar-refractivity contribution in [3.8, 4) is 55.6 Å². The van der Waals surface area contributed by atoms with Gasteiger partial charge in [-0.15, -0.1) is 0 Å². The van der Waals surface area contributed by atoms with Gasteiger partial charge in [-0.05, 0) is 114 Å². The molecule has 1 heteroatoms. The van der Waals surface area contributed by atoms with Gasteiger partial charge in [0.15, 0.2) is 0 Å². The summed E-state index contributed by atoms with van der Waals surface area (Å²) in [7, 11) is 0. The zero-order chi connectivity index (χ0) is 33.7. The van der Waals surface area contributed by atoms with E-state index in [1.54, 1.807) is 0 Å². The van der Waals surface area contributed by atoms with Crippen molar-refractivity contribution in [3.63, 3.8) is 0 Å². The maximum Gasteiger partial charge on any atom is 0.135 e. The molecule has 0 aliphatic carbocycles. The standard InChI is InChI=1S/C50H32O/c1-4-13-33(14-5-1)38-23-26-42-45(31-38)49(34-15-6-2-7-16-34)43-27-24-39(32-46(43)50(42)35-17-8-3-9-18-35)36-19-12-20-37(29-36)40-25-28-48-44(30-40)41-21-10-11-22-47(41)51-48/h1-32H. The lowest BCUT2D eigenvalue weighted by Gasteiger charge is -2.20. The van der Waals surface area contributed by atoms with Crippen molar-refractivity contribution in [2.45, 2.75) is 0 Å². The first kappa shape index (κ1) is 29.2. The van der Waals surface area contributed by atoms with Crippen LogP contribution in [0, 0.1) is 0 Å². The lowest BCUT2D eigenvalue weighted by atomic mass is 9.84. The number of hydrogen-bond donors (Lipinski definition) is 0. The first-order chi connectivity index (χ1) is 25.3. The van der Waals surface area contributed by atoms with Gasteiger partial charge in [0.2, 0.25) is 0 Å². The van der Waals surface area contributed by atoms with Crippen molar-refractivity contribution in [2.75, 3.05) is 0 Å². The quantitative estimate of drug-likeness (QED) is 0.169. The van der Waals surface area contributed by atoms with E-state index in [2.05, 4.69) is 182 Å². The van der Waals surface area contributed by atoms with Gasteiger partial charge in [-0.25, -0.2) is 0 Å². The number of benzene rings is 9. The van der Waals surface area contributed by atoms with Gasteiger partial charge in [-0.2, -0.15) is 0 Å². The Balaban J connectivity index is 1.21. The van der Waals surface area contributed by atoms with Crippen LogP contribution in [-0.4, -0.2) is 0 Å². The van der Waals surface area contributed by atoms with E-state index < -0.39 is 0 Å². The summed E-state index contributed by atoms with van der Waals surface area (Å²) in [6.45, 7) is 0. The molecule has 0 N–H and O–H groups in total. The first-order valence-electron chi connectivity index (χ1n) is 17.5. The Labute approximate surface area is 296 Å². The van der Waals surface area contributed by atoms with Gasteiger partial charge in [-0.3, -0.25) is 0 Å². The molecule has 0 spiro atoms. The fourth-order valence-corrected chi connectivity index (χ4v) is 7.83. The zero-order valence-corrected chi connectivity index (χ0v) is 27.9. The Morgan fingerprint density at radius 1 is 0.216 bits per heavy atom. The van der Waals surface area contributed by atoms with Crippen LogP contribution in [0.4, 0.5) is 0 Å². The van der Waals surface area contributed by atoms with E-state index >= 15 is 0 Å². The molecule has 0 bridgehead atoms. The molecular formula is C50H32O. The minimum atomic E-state index is 0.913. The second-order valence-corrected chi connectivity index (χ2v) is 13.3. The molecule has 10 aromatic rings. The zero-order valence-electron chi connectivity index (χ0n) is 27.9. The highest BCUT2D eigenvalue weighted by molar-refractivity contribution is 6.22. The fourth-order valence-electron chi connectivity index (χ4n) is 7.83. The predicted molar refractivity (Wildman–Crippen MR) is 216 cm³/mol. The normalized spacial score (nSPS) is 11.5. The smallest absolute Gasteiger partial charge is 0.135 e. The summed E-state index contributed by atoms with van der Waals surface area (Å²) in [5, 5.41) is 7.28. The molecule has 238 valence electrons. The topological polar surface area (TPSA) is 13.1 Å². The van der Waals surface area contributed by atoms with Gasteiger partial charge in [-0.1, -0.05) is 158 Å². The third-order valence-electron chi connectivity index (χ3n) is 10.3. The highest BCUT2D eigenvalue weighted by Gasteiger charge is 2.19. The third kappa shape index (κ3) is 5.02. The van der Waals surface area contributed by atoms with E-state index in [4.69, 9.17) is 4.42 Å². The summed E-state index contributed by atoms with van der Waals surface area (Å²) in [5.41, 5.74) is 14.0. The molecule has 10 rings (SSSR count). The molecule has 0 amide bonds. The number of furan rings is 1. The van der Waals surface area contributed by atoms with Gasteiger partial charge in [0.25, 0.3) is 0 Å². The van der Waals surface area contributed by atoms with Gasteiger partial charge in [0, 0.05) is 10.8 Å². The average Bonchev–Trinajstić information content (AvgIpc) is 3.58. The van der Waals surface area contributed by atoms with Crippen molar-refractivity contribution in [2.24, 2.45) is 0 Å². The molecule has 0 aliphatic rings. The van der Waals surface area contributed by atoms with Crippen LogP contribution in [0.5, 0.6) is 0 Å². The number of para-hydroxylation sites is 1. The number of fused-ring (bicyclic) bond motifs is 5. The molecule has 0 saturated carbocycles. The Hall–Kier alpha value is -6.70. The molecular weight excluding hydrogens is 617 g/mol. The monoisotopic (exact) mass is 648 g/mol. The molecule has 0 saturated heterocycles. The molecule has 1 aromatic heterocycles. The minimum Gasteiger partial charge on any atom is -0.456 e. The third-order valence-corrected chi connectivity index (χ3v) is 10.3. The Bertz CT molecular complexity index is 2880. The fraction of sp³-hybridized carbons (Fsp3) is 0. The molecule has 0 fully saturated rings. The maximum absolute atomic E-state index is 6.13. The minimum absolute atomic E-state index is 0.913. The van der Waals surface area contributed by atoms with Crippen LogP contribution in [0.2, 0.25) is 0 Å². The highest BCUT2D eigenvalue weighted by atomic mass is 16.3. The first-order valence-corrected chi connectivity index (χ1v) is 17.5. The summed E-state index contributed by atoms with van der Waals surface area (Å²) in [5.74, 6) is 0. The maximum atomic E-state index is 6.13. The van der Waals surface area contributed by atoms with E-state index in [1.165, 1.54) is 77.2 Å². The summed E-state index contributed by atoms with van der Waals surface area (Å²) >= 11 is 0. The van der Waals surface area contributed by atoms with E-state index in [9.17, 15) is 0 Å². The Morgan fingerprint density at radius 3 is 1.22 bits per heavy atom. The second-order valence-electron chi connectivity index (χ2n) is 13.3. The lowest BCUT2D eigenvalue weighted by Crippen LogP contribution is -1.92. The van der Waals surface area contributed by atoms with Crippen LogP contribution in [0.1, 0.15) is 0 Å². The van der Waals surface area contributed by atoms with Crippen LogP contribution >= 0.6 is 0 Å². The van der Waals surface area contributed by atoms with Crippen molar-refractivity contribution < 1.29 is 4.42 Å². The summed E-state index contributed by atoms with van der Waals surface area (Å²) in [6.07, 6.45) is 0. The van der Waals surface area contributed by atoms with Crippen molar-refractivity contribution in [1.82, 2.24) is 0 Å².